The monoisotopic (exact) mass is 1050 g/mol. The fraction of sp³-hybridized carbons (Fsp3) is 0.671. The van der Waals surface area contributed by atoms with Gasteiger partial charge in [0.05, 0.1) is 6.42 Å². The van der Waals surface area contributed by atoms with Gasteiger partial charge in [0.1, 0.15) is 13.2 Å². The predicted octanol–water partition coefficient (Wildman–Crippen LogP) is 21.6. The third-order valence-corrected chi connectivity index (χ3v) is 13.2. The van der Waals surface area contributed by atoms with Crippen LogP contribution in [0.25, 0.3) is 0 Å². The number of esters is 3. The third-order valence-electron chi connectivity index (χ3n) is 13.2. The maximum atomic E-state index is 12.9. The molecule has 0 spiro atoms. The lowest BCUT2D eigenvalue weighted by Crippen LogP contribution is -2.30. The van der Waals surface area contributed by atoms with E-state index >= 15 is 0 Å². The highest BCUT2D eigenvalue weighted by Crippen LogP contribution is 2.16. The Bertz CT molecular complexity index is 1590. The van der Waals surface area contributed by atoms with Crippen molar-refractivity contribution in [1.29, 1.82) is 0 Å². The molecular formula is C70H116O6. The number of carbonyl (C=O) groups is 3. The highest BCUT2D eigenvalue weighted by molar-refractivity contribution is 5.72. The molecule has 76 heavy (non-hydrogen) atoms. The first-order valence-corrected chi connectivity index (χ1v) is 31.5. The molecule has 1 atom stereocenters. The Balaban J connectivity index is 4.37. The van der Waals surface area contributed by atoms with Gasteiger partial charge >= 0.3 is 17.9 Å². The predicted molar refractivity (Wildman–Crippen MR) is 330 cm³/mol. The van der Waals surface area contributed by atoms with Gasteiger partial charge in [-0.05, 0) is 109 Å². The molecule has 0 saturated carbocycles. The molecule has 0 fully saturated rings. The van der Waals surface area contributed by atoms with E-state index in [1.807, 2.05) is 6.08 Å². The summed E-state index contributed by atoms with van der Waals surface area (Å²) in [5, 5.41) is 0. The second-order valence-electron chi connectivity index (χ2n) is 20.6. The van der Waals surface area contributed by atoms with E-state index in [4.69, 9.17) is 14.2 Å². The van der Waals surface area contributed by atoms with Gasteiger partial charge in [0, 0.05) is 12.8 Å². The lowest BCUT2D eigenvalue weighted by Gasteiger charge is -2.18. The van der Waals surface area contributed by atoms with Gasteiger partial charge in [-0.25, -0.2) is 0 Å². The van der Waals surface area contributed by atoms with Crippen molar-refractivity contribution in [2.24, 2.45) is 0 Å². The molecule has 0 aromatic rings. The molecular weight excluding hydrogens is 937 g/mol. The lowest BCUT2D eigenvalue weighted by atomic mass is 10.0. The van der Waals surface area contributed by atoms with Gasteiger partial charge in [0.2, 0.25) is 0 Å². The summed E-state index contributed by atoms with van der Waals surface area (Å²) in [4.78, 5) is 38.2. The summed E-state index contributed by atoms with van der Waals surface area (Å²) in [6.45, 7) is 6.33. The third kappa shape index (κ3) is 60.7. The smallest absolute Gasteiger partial charge is 0.309 e. The molecule has 0 aliphatic carbocycles. The molecule has 0 heterocycles. The van der Waals surface area contributed by atoms with Crippen molar-refractivity contribution >= 4 is 17.9 Å². The molecule has 6 heteroatoms. The fourth-order valence-corrected chi connectivity index (χ4v) is 8.56. The van der Waals surface area contributed by atoms with Crippen LogP contribution < -0.4 is 0 Å². The normalized spacial score (nSPS) is 12.9. The Morgan fingerprint density at radius 3 is 0.934 bits per heavy atom. The van der Waals surface area contributed by atoms with Crippen LogP contribution in [-0.2, 0) is 28.6 Å². The van der Waals surface area contributed by atoms with Gasteiger partial charge in [0.25, 0.3) is 0 Å². The minimum atomic E-state index is -0.825. The van der Waals surface area contributed by atoms with E-state index in [1.54, 1.807) is 6.08 Å². The Labute approximate surface area is 469 Å². The molecule has 1 unspecified atom stereocenters. The number of hydrogen-bond donors (Lipinski definition) is 0. The van der Waals surface area contributed by atoms with Gasteiger partial charge < -0.3 is 14.2 Å². The summed E-state index contributed by atoms with van der Waals surface area (Å²) < 4.78 is 16.8. The Hall–Kier alpha value is -4.19. The Kier molecular flexibility index (Phi) is 59.9. The lowest BCUT2D eigenvalue weighted by molar-refractivity contribution is -0.166. The summed E-state index contributed by atoms with van der Waals surface area (Å²) in [6, 6.07) is 0. The molecule has 0 aromatic carbocycles. The van der Waals surface area contributed by atoms with Crippen LogP contribution in [-0.4, -0.2) is 37.2 Å². The number of hydrogen-bond acceptors (Lipinski definition) is 6. The number of ether oxygens (including phenoxy) is 3. The first kappa shape index (κ1) is 71.8. The number of carbonyl (C=O) groups excluding carboxylic acids is 3. The van der Waals surface area contributed by atoms with Crippen LogP contribution in [0.3, 0.4) is 0 Å². The van der Waals surface area contributed by atoms with Crippen LogP contribution in [0.5, 0.6) is 0 Å². The standard InChI is InChI=1S/C70H116O6/c1-4-7-10-13-16-19-22-25-28-30-31-32-33-34-35-36-37-38-39-40-43-45-48-51-54-57-60-63-69(72)75-66-67(65-74-68(71)62-59-56-53-50-47-44-41-27-24-21-18-15-12-9-6-3)76-70(73)64-61-58-55-52-49-46-42-29-26-23-20-17-14-11-8-5-2/h7,9-10,12,16,18-19,21,25,27-29,31-32,41-42,47,50,56,59,67H,4-6,8,11,13-15,17,20,22-24,26,30,33-40,43-46,48-49,51-55,57-58,60-66H2,1-3H3/b10-7-,12-9-,19-16-,21-18-,28-25-,32-31-,41-27-,42-29-,50-47-,59-56-. The molecule has 0 amide bonds. The quantitative estimate of drug-likeness (QED) is 0.0261. The molecule has 6 nitrogen and oxygen atoms in total. The summed E-state index contributed by atoms with van der Waals surface area (Å²) in [5.74, 6) is -1.05. The second kappa shape index (κ2) is 63.3. The maximum absolute atomic E-state index is 12.9. The fourth-order valence-electron chi connectivity index (χ4n) is 8.56. The van der Waals surface area contributed by atoms with Gasteiger partial charge in [-0.2, -0.15) is 0 Å². The topological polar surface area (TPSA) is 78.9 Å². The number of rotatable bonds is 56. The zero-order chi connectivity index (χ0) is 55.0. The van der Waals surface area contributed by atoms with Crippen LogP contribution in [0.15, 0.2) is 122 Å². The first-order chi connectivity index (χ1) is 37.5. The Morgan fingerprint density at radius 2 is 0.566 bits per heavy atom. The molecule has 0 saturated heterocycles. The zero-order valence-electron chi connectivity index (χ0n) is 49.5. The van der Waals surface area contributed by atoms with Crippen molar-refractivity contribution in [1.82, 2.24) is 0 Å². The highest BCUT2D eigenvalue weighted by atomic mass is 16.6. The van der Waals surface area contributed by atoms with Gasteiger partial charge in [-0.15, -0.1) is 0 Å². The van der Waals surface area contributed by atoms with Gasteiger partial charge in [-0.1, -0.05) is 277 Å². The van der Waals surface area contributed by atoms with Gasteiger partial charge in [0.15, 0.2) is 6.10 Å². The van der Waals surface area contributed by atoms with Crippen LogP contribution in [0.4, 0.5) is 0 Å². The zero-order valence-corrected chi connectivity index (χ0v) is 49.5. The van der Waals surface area contributed by atoms with Crippen molar-refractivity contribution in [2.45, 2.75) is 290 Å². The molecule has 0 aliphatic rings. The summed E-state index contributed by atoms with van der Waals surface area (Å²) in [7, 11) is 0. The average Bonchev–Trinajstić information content (AvgIpc) is 3.42. The average molecular weight is 1050 g/mol. The summed E-state index contributed by atoms with van der Waals surface area (Å²) in [6.07, 6.45) is 88.1. The van der Waals surface area contributed by atoms with Crippen LogP contribution >= 0.6 is 0 Å². The minimum absolute atomic E-state index is 0.112. The summed E-state index contributed by atoms with van der Waals surface area (Å²) in [5.41, 5.74) is 0. The van der Waals surface area contributed by atoms with Crippen LogP contribution in [0.2, 0.25) is 0 Å². The molecule has 0 N–H and O–H groups in total. The first-order valence-electron chi connectivity index (χ1n) is 31.5. The van der Waals surface area contributed by atoms with Crippen molar-refractivity contribution in [3.8, 4) is 0 Å². The maximum Gasteiger partial charge on any atom is 0.309 e. The molecule has 0 aromatic heterocycles. The van der Waals surface area contributed by atoms with Crippen LogP contribution in [0.1, 0.15) is 284 Å². The van der Waals surface area contributed by atoms with E-state index in [0.29, 0.717) is 12.8 Å². The van der Waals surface area contributed by atoms with E-state index < -0.39 is 12.1 Å². The largest absolute Gasteiger partial charge is 0.462 e. The van der Waals surface area contributed by atoms with E-state index in [-0.39, 0.29) is 31.6 Å². The SMILES string of the molecule is CC/C=C\C/C=C\C/C=C\C/C=C\C/C=C\CC(=O)OCC(COC(=O)CCCCCCCCCCCCCCCC/C=C\C/C=C\C/C=C\C/C=C\CC)OC(=O)CCCCCCC/C=C\CCCCCCCCC. The van der Waals surface area contributed by atoms with E-state index in [2.05, 4.69) is 130 Å². The number of unbranched alkanes of at least 4 members (excludes halogenated alkanes) is 26. The van der Waals surface area contributed by atoms with Gasteiger partial charge in [-0.3, -0.25) is 14.4 Å². The minimum Gasteiger partial charge on any atom is -0.462 e. The van der Waals surface area contributed by atoms with Crippen molar-refractivity contribution in [3.63, 3.8) is 0 Å². The summed E-state index contributed by atoms with van der Waals surface area (Å²) >= 11 is 0. The van der Waals surface area contributed by atoms with Crippen molar-refractivity contribution in [2.75, 3.05) is 13.2 Å². The van der Waals surface area contributed by atoms with Crippen LogP contribution in [0, 0.1) is 0 Å². The Morgan fingerprint density at radius 1 is 0.289 bits per heavy atom. The molecule has 0 radical (unpaired) electrons. The van der Waals surface area contributed by atoms with E-state index in [0.717, 1.165) is 109 Å². The molecule has 432 valence electrons. The molecule has 0 aliphatic heterocycles. The van der Waals surface area contributed by atoms with E-state index in [1.165, 1.54) is 135 Å². The van der Waals surface area contributed by atoms with Crippen molar-refractivity contribution in [3.05, 3.63) is 122 Å². The van der Waals surface area contributed by atoms with E-state index in [9.17, 15) is 14.4 Å². The van der Waals surface area contributed by atoms with Crippen molar-refractivity contribution < 1.29 is 28.6 Å². The molecule has 0 bridgehead atoms. The number of allylic oxidation sites excluding steroid dienone is 19. The highest BCUT2D eigenvalue weighted by Gasteiger charge is 2.19. The second-order valence-corrected chi connectivity index (χ2v) is 20.6. The molecule has 0 rings (SSSR count).